The number of halogens is 2. The Balaban J connectivity index is 2.20. The van der Waals surface area contributed by atoms with Crippen molar-refractivity contribution < 1.29 is 0 Å². The summed E-state index contributed by atoms with van der Waals surface area (Å²) in [6, 6.07) is 20.8. The van der Waals surface area contributed by atoms with Crippen LogP contribution in [0.15, 0.2) is 60.7 Å². The van der Waals surface area contributed by atoms with E-state index in [9.17, 15) is 0 Å². The SMILES string of the molecule is CCC1C(Cl)(Cl)C1(c1ccccc1)c1ccccc1. The highest BCUT2D eigenvalue weighted by atomic mass is 35.5. The Labute approximate surface area is 124 Å². The van der Waals surface area contributed by atoms with E-state index in [0.29, 0.717) is 0 Å². The molecule has 2 aromatic rings. The third-order valence-electron chi connectivity index (χ3n) is 4.27. The Morgan fingerprint density at radius 1 is 0.842 bits per heavy atom. The highest BCUT2D eigenvalue weighted by Crippen LogP contribution is 2.73. The van der Waals surface area contributed by atoms with Crippen LogP contribution in [0.25, 0.3) is 0 Å². The molecular weight excluding hydrogens is 275 g/mol. The molecule has 0 bridgehead atoms. The maximum atomic E-state index is 6.66. The summed E-state index contributed by atoms with van der Waals surface area (Å²) < 4.78 is -0.718. The van der Waals surface area contributed by atoms with E-state index in [0.717, 1.165) is 6.42 Å². The Bertz CT molecular complexity index is 521. The molecule has 1 aliphatic rings. The average molecular weight is 291 g/mol. The molecule has 1 atom stereocenters. The summed E-state index contributed by atoms with van der Waals surface area (Å²) >= 11 is 13.3. The second-order valence-electron chi connectivity index (χ2n) is 5.12. The monoisotopic (exact) mass is 290 g/mol. The summed E-state index contributed by atoms with van der Waals surface area (Å²) in [4.78, 5) is 0. The molecule has 0 amide bonds. The summed E-state index contributed by atoms with van der Waals surface area (Å²) in [5.74, 6) is 0.258. The predicted octanol–water partition coefficient (Wildman–Crippen LogP) is 5.19. The van der Waals surface area contributed by atoms with E-state index >= 15 is 0 Å². The number of benzene rings is 2. The van der Waals surface area contributed by atoms with Crippen molar-refractivity contribution in [2.24, 2.45) is 5.92 Å². The van der Waals surface area contributed by atoms with Crippen molar-refractivity contribution in [3.8, 4) is 0 Å². The molecule has 0 heterocycles. The number of hydrogen-bond donors (Lipinski definition) is 0. The first-order valence-electron chi connectivity index (χ1n) is 6.64. The van der Waals surface area contributed by atoms with Crippen molar-refractivity contribution in [1.29, 1.82) is 0 Å². The van der Waals surface area contributed by atoms with Crippen LogP contribution in [0.2, 0.25) is 0 Å². The standard InChI is InChI=1S/C17H16Cl2/c1-2-15-16(17(15,18)19,13-9-5-3-6-10-13)14-11-7-4-8-12-14/h3-12,15H,2H2,1H3. The zero-order valence-electron chi connectivity index (χ0n) is 10.8. The topological polar surface area (TPSA) is 0 Å². The van der Waals surface area contributed by atoms with E-state index in [-0.39, 0.29) is 11.3 Å². The minimum absolute atomic E-state index is 0.258. The lowest BCUT2D eigenvalue weighted by atomic mass is 9.85. The van der Waals surface area contributed by atoms with Gasteiger partial charge in [-0.2, -0.15) is 0 Å². The second kappa shape index (κ2) is 4.54. The molecule has 1 saturated carbocycles. The summed E-state index contributed by atoms with van der Waals surface area (Å²) in [6.07, 6.45) is 0.969. The first-order chi connectivity index (χ1) is 9.15. The van der Waals surface area contributed by atoms with E-state index in [1.165, 1.54) is 11.1 Å². The van der Waals surface area contributed by atoms with Gasteiger partial charge in [0.15, 0.2) is 0 Å². The quantitative estimate of drug-likeness (QED) is 0.683. The molecule has 1 aliphatic carbocycles. The molecule has 0 aromatic heterocycles. The van der Waals surface area contributed by atoms with E-state index in [2.05, 4.69) is 55.5 Å². The van der Waals surface area contributed by atoms with Crippen molar-refractivity contribution in [2.45, 2.75) is 23.1 Å². The van der Waals surface area contributed by atoms with Crippen LogP contribution >= 0.6 is 23.2 Å². The summed E-state index contributed by atoms with van der Waals surface area (Å²) in [6.45, 7) is 2.15. The molecule has 0 radical (unpaired) electrons. The van der Waals surface area contributed by atoms with E-state index in [1.807, 2.05) is 12.1 Å². The lowest BCUT2D eigenvalue weighted by molar-refractivity contribution is 0.675. The van der Waals surface area contributed by atoms with E-state index in [4.69, 9.17) is 23.2 Å². The van der Waals surface area contributed by atoms with Gasteiger partial charge < -0.3 is 0 Å². The second-order valence-corrected chi connectivity index (χ2v) is 6.51. The van der Waals surface area contributed by atoms with E-state index in [1.54, 1.807) is 0 Å². The molecule has 0 aliphatic heterocycles. The maximum absolute atomic E-state index is 6.66. The largest absolute Gasteiger partial charge is 0.136 e. The minimum Gasteiger partial charge on any atom is -0.0999 e. The van der Waals surface area contributed by atoms with Gasteiger partial charge in [0.05, 0.1) is 5.41 Å². The fourth-order valence-electron chi connectivity index (χ4n) is 3.39. The Kier molecular flexibility index (Phi) is 3.11. The molecular formula is C17H16Cl2. The average Bonchev–Trinajstić information content (AvgIpc) is 2.97. The Morgan fingerprint density at radius 2 is 1.26 bits per heavy atom. The van der Waals surface area contributed by atoms with Gasteiger partial charge in [-0.3, -0.25) is 0 Å². The van der Waals surface area contributed by atoms with Gasteiger partial charge in [0, 0.05) is 5.92 Å². The van der Waals surface area contributed by atoms with Crippen molar-refractivity contribution in [3.63, 3.8) is 0 Å². The van der Waals surface area contributed by atoms with Crippen LogP contribution in [-0.4, -0.2) is 4.33 Å². The molecule has 3 rings (SSSR count). The van der Waals surface area contributed by atoms with Crippen molar-refractivity contribution in [1.82, 2.24) is 0 Å². The van der Waals surface area contributed by atoms with Gasteiger partial charge >= 0.3 is 0 Å². The summed E-state index contributed by atoms with van der Waals surface area (Å²) in [5.41, 5.74) is 2.14. The number of hydrogen-bond acceptors (Lipinski definition) is 0. The zero-order chi connectivity index (χ0) is 13.5. The summed E-state index contributed by atoms with van der Waals surface area (Å²) in [5, 5.41) is 0. The molecule has 1 unspecified atom stereocenters. The van der Waals surface area contributed by atoms with Crippen molar-refractivity contribution in [3.05, 3.63) is 71.8 Å². The van der Waals surface area contributed by atoms with Gasteiger partial charge in [0.1, 0.15) is 4.33 Å². The smallest absolute Gasteiger partial charge is 0.0999 e. The van der Waals surface area contributed by atoms with Crippen molar-refractivity contribution >= 4 is 23.2 Å². The number of alkyl halides is 2. The van der Waals surface area contributed by atoms with Crippen LogP contribution in [0, 0.1) is 5.92 Å². The van der Waals surface area contributed by atoms with Crippen LogP contribution in [0.3, 0.4) is 0 Å². The van der Waals surface area contributed by atoms with Gasteiger partial charge in [-0.1, -0.05) is 90.8 Å². The Morgan fingerprint density at radius 3 is 1.58 bits per heavy atom. The predicted molar refractivity (Wildman–Crippen MR) is 81.9 cm³/mol. The van der Waals surface area contributed by atoms with Gasteiger partial charge in [0.25, 0.3) is 0 Å². The molecule has 0 spiro atoms. The summed E-state index contributed by atoms with van der Waals surface area (Å²) in [7, 11) is 0. The molecule has 19 heavy (non-hydrogen) atoms. The minimum atomic E-state index is -0.718. The fraction of sp³-hybridized carbons (Fsp3) is 0.294. The van der Waals surface area contributed by atoms with Gasteiger partial charge in [-0.25, -0.2) is 0 Å². The maximum Gasteiger partial charge on any atom is 0.136 e. The third kappa shape index (κ3) is 1.67. The highest BCUT2D eigenvalue weighted by Gasteiger charge is 2.76. The highest BCUT2D eigenvalue weighted by molar-refractivity contribution is 6.53. The third-order valence-corrected chi connectivity index (χ3v) is 5.39. The van der Waals surface area contributed by atoms with Crippen LogP contribution < -0.4 is 0 Å². The van der Waals surface area contributed by atoms with Gasteiger partial charge in [-0.15, -0.1) is 0 Å². The molecule has 2 aromatic carbocycles. The van der Waals surface area contributed by atoms with E-state index < -0.39 is 4.33 Å². The van der Waals surface area contributed by atoms with Crippen LogP contribution in [0.1, 0.15) is 24.5 Å². The molecule has 0 N–H and O–H groups in total. The lowest BCUT2D eigenvalue weighted by Gasteiger charge is -2.20. The fourth-order valence-corrected chi connectivity index (χ4v) is 4.62. The lowest BCUT2D eigenvalue weighted by Crippen LogP contribution is -2.17. The van der Waals surface area contributed by atoms with Gasteiger partial charge in [0.2, 0.25) is 0 Å². The van der Waals surface area contributed by atoms with Crippen LogP contribution in [-0.2, 0) is 5.41 Å². The molecule has 1 fully saturated rings. The normalized spacial score (nSPS) is 23.0. The zero-order valence-corrected chi connectivity index (χ0v) is 12.3. The Hall–Kier alpha value is -0.980. The molecule has 98 valence electrons. The van der Waals surface area contributed by atoms with Gasteiger partial charge in [-0.05, 0) is 17.5 Å². The molecule has 2 heteroatoms. The molecule has 0 nitrogen and oxygen atoms in total. The van der Waals surface area contributed by atoms with Crippen molar-refractivity contribution in [2.75, 3.05) is 0 Å². The first-order valence-corrected chi connectivity index (χ1v) is 7.40. The first kappa shape index (κ1) is 13.0. The molecule has 0 saturated heterocycles. The van der Waals surface area contributed by atoms with Crippen LogP contribution in [0.4, 0.5) is 0 Å². The number of rotatable bonds is 3. The van der Waals surface area contributed by atoms with Crippen LogP contribution in [0.5, 0.6) is 0 Å².